The van der Waals surface area contributed by atoms with Crippen molar-refractivity contribution in [3.05, 3.63) is 36.4 Å². The molecular formula is C10H10BrNOS2. The maximum absolute atomic E-state index is 10.2. The van der Waals surface area contributed by atoms with Gasteiger partial charge in [0.1, 0.15) is 6.10 Å². The van der Waals surface area contributed by atoms with E-state index in [4.69, 9.17) is 0 Å². The lowest BCUT2D eigenvalue weighted by Crippen LogP contribution is -1.98. The molecule has 80 valence electrons. The van der Waals surface area contributed by atoms with Gasteiger partial charge in [-0.1, -0.05) is 0 Å². The van der Waals surface area contributed by atoms with Crippen LogP contribution in [0.2, 0.25) is 0 Å². The molecule has 0 radical (unpaired) electrons. The number of nitrogens with zero attached hydrogens (tertiary/aromatic N) is 1. The highest BCUT2D eigenvalue weighted by molar-refractivity contribution is 9.10. The second-order valence-corrected chi connectivity index (χ2v) is 6.09. The summed E-state index contributed by atoms with van der Waals surface area (Å²) in [4.78, 5) is 5.25. The molecule has 0 saturated heterocycles. The molecule has 2 nitrogen and oxygen atoms in total. The van der Waals surface area contributed by atoms with Crippen molar-refractivity contribution in [2.45, 2.75) is 20.0 Å². The second kappa shape index (κ2) is 4.33. The van der Waals surface area contributed by atoms with Gasteiger partial charge in [0.15, 0.2) is 0 Å². The van der Waals surface area contributed by atoms with Crippen molar-refractivity contribution in [3.63, 3.8) is 0 Å². The molecule has 0 aliphatic carbocycles. The summed E-state index contributed by atoms with van der Waals surface area (Å²) in [6.07, 6.45) is -0.558. The van der Waals surface area contributed by atoms with Crippen molar-refractivity contribution < 1.29 is 5.11 Å². The number of aryl methyl sites for hydroxylation is 2. The highest BCUT2D eigenvalue weighted by Crippen LogP contribution is 2.35. The Labute approximate surface area is 105 Å². The molecule has 1 unspecified atom stereocenters. The summed E-state index contributed by atoms with van der Waals surface area (Å²) in [6.45, 7) is 3.89. The third-order valence-electron chi connectivity index (χ3n) is 2.12. The molecule has 0 aliphatic heterocycles. The van der Waals surface area contributed by atoms with Gasteiger partial charge in [-0.3, -0.25) is 0 Å². The predicted molar refractivity (Wildman–Crippen MR) is 67.7 cm³/mol. The van der Waals surface area contributed by atoms with Gasteiger partial charge < -0.3 is 5.11 Å². The van der Waals surface area contributed by atoms with Crippen LogP contribution in [0.3, 0.4) is 0 Å². The fourth-order valence-corrected chi connectivity index (χ4v) is 3.89. The molecule has 15 heavy (non-hydrogen) atoms. The SMILES string of the molecule is Cc1nc(C)c(C(O)c2cscc2Br)s1. The number of aliphatic hydroxyl groups is 1. The molecule has 0 aromatic carbocycles. The maximum atomic E-state index is 10.2. The Bertz CT molecular complexity index is 477. The van der Waals surface area contributed by atoms with E-state index >= 15 is 0 Å². The van der Waals surface area contributed by atoms with Crippen LogP contribution in [0.25, 0.3) is 0 Å². The first-order chi connectivity index (χ1) is 7.09. The minimum Gasteiger partial charge on any atom is -0.383 e. The Kier molecular flexibility index (Phi) is 3.25. The van der Waals surface area contributed by atoms with E-state index in [1.54, 1.807) is 22.7 Å². The van der Waals surface area contributed by atoms with Gasteiger partial charge in [0.05, 0.1) is 15.6 Å². The summed E-state index contributed by atoms with van der Waals surface area (Å²) in [5, 5.41) is 15.1. The minimum atomic E-state index is -0.558. The molecule has 2 rings (SSSR count). The summed E-state index contributed by atoms with van der Waals surface area (Å²) in [5.41, 5.74) is 1.84. The lowest BCUT2D eigenvalue weighted by Gasteiger charge is -2.07. The van der Waals surface area contributed by atoms with Gasteiger partial charge in [-0.15, -0.1) is 11.3 Å². The van der Waals surface area contributed by atoms with Gasteiger partial charge in [0, 0.05) is 15.4 Å². The van der Waals surface area contributed by atoms with Gasteiger partial charge in [0.25, 0.3) is 0 Å². The van der Waals surface area contributed by atoms with Crippen molar-refractivity contribution in [2.75, 3.05) is 0 Å². The Hall–Kier alpha value is -0.230. The van der Waals surface area contributed by atoms with Crippen molar-refractivity contribution >= 4 is 38.6 Å². The fourth-order valence-electron chi connectivity index (χ4n) is 1.43. The molecule has 0 saturated carbocycles. The number of thiophene rings is 1. The van der Waals surface area contributed by atoms with Crippen LogP contribution in [-0.4, -0.2) is 10.1 Å². The zero-order valence-corrected chi connectivity index (χ0v) is 11.5. The molecule has 0 fully saturated rings. The molecule has 2 aromatic rings. The van der Waals surface area contributed by atoms with E-state index in [0.717, 1.165) is 25.6 Å². The van der Waals surface area contributed by atoms with Crippen molar-refractivity contribution in [2.24, 2.45) is 0 Å². The van der Waals surface area contributed by atoms with Crippen molar-refractivity contribution in [1.29, 1.82) is 0 Å². The molecule has 0 aliphatic rings. The van der Waals surface area contributed by atoms with E-state index in [1.807, 2.05) is 24.6 Å². The van der Waals surface area contributed by atoms with Crippen LogP contribution in [0.5, 0.6) is 0 Å². The maximum Gasteiger partial charge on any atom is 0.117 e. The number of rotatable bonds is 2. The van der Waals surface area contributed by atoms with Gasteiger partial charge >= 0.3 is 0 Å². The first-order valence-corrected chi connectivity index (χ1v) is 6.98. The Morgan fingerprint density at radius 3 is 2.60 bits per heavy atom. The molecular weight excluding hydrogens is 294 g/mol. The van der Waals surface area contributed by atoms with E-state index < -0.39 is 6.10 Å². The normalized spacial score (nSPS) is 13.1. The molecule has 2 aromatic heterocycles. The highest BCUT2D eigenvalue weighted by Gasteiger charge is 2.19. The minimum absolute atomic E-state index is 0.558. The highest BCUT2D eigenvalue weighted by atomic mass is 79.9. The molecule has 2 heterocycles. The van der Waals surface area contributed by atoms with Crippen LogP contribution >= 0.6 is 38.6 Å². The number of halogens is 1. The molecule has 0 spiro atoms. The summed E-state index contributed by atoms with van der Waals surface area (Å²) >= 11 is 6.56. The first-order valence-electron chi connectivity index (χ1n) is 4.43. The van der Waals surface area contributed by atoms with Gasteiger partial charge in [-0.05, 0) is 35.2 Å². The molecule has 1 atom stereocenters. The van der Waals surface area contributed by atoms with Crippen LogP contribution < -0.4 is 0 Å². The Morgan fingerprint density at radius 1 is 1.40 bits per heavy atom. The number of aromatic nitrogens is 1. The lowest BCUT2D eigenvalue weighted by atomic mass is 10.1. The zero-order chi connectivity index (χ0) is 11.0. The molecule has 1 N–H and O–H groups in total. The monoisotopic (exact) mass is 303 g/mol. The van der Waals surface area contributed by atoms with E-state index in [-0.39, 0.29) is 0 Å². The smallest absolute Gasteiger partial charge is 0.117 e. The van der Waals surface area contributed by atoms with E-state index in [2.05, 4.69) is 20.9 Å². The number of thiazole rings is 1. The Balaban J connectivity index is 2.40. The number of hydrogen-bond donors (Lipinski definition) is 1. The van der Waals surface area contributed by atoms with Crippen molar-refractivity contribution in [1.82, 2.24) is 4.98 Å². The molecule has 0 bridgehead atoms. The van der Waals surface area contributed by atoms with Gasteiger partial charge in [0.2, 0.25) is 0 Å². The number of hydrogen-bond acceptors (Lipinski definition) is 4. The van der Waals surface area contributed by atoms with Crippen molar-refractivity contribution in [3.8, 4) is 0 Å². The van der Waals surface area contributed by atoms with Gasteiger partial charge in [-0.2, -0.15) is 11.3 Å². The quantitative estimate of drug-likeness (QED) is 0.918. The van der Waals surface area contributed by atoms with Crippen LogP contribution in [0.1, 0.15) is 27.2 Å². The summed E-state index contributed by atoms with van der Waals surface area (Å²) in [6, 6.07) is 0. The zero-order valence-electron chi connectivity index (χ0n) is 8.32. The predicted octanol–water partition coefficient (Wildman–Crippen LogP) is 3.67. The molecule has 5 heteroatoms. The first kappa shape index (κ1) is 11.3. The van der Waals surface area contributed by atoms with Crippen LogP contribution in [-0.2, 0) is 0 Å². The second-order valence-electron chi connectivity index (χ2n) is 3.26. The van der Waals surface area contributed by atoms with E-state index in [0.29, 0.717) is 0 Å². The summed E-state index contributed by atoms with van der Waals surface area (Å²) < 4.78 is 0.963. The lowest BCUT2D eigenvalue weighted by molar-refractivity contribution is 0.223. The van der Waals surface area contributed by atoms with E-state index in [1.165, 1.54) is 0 Å². The average Bonchev–Trinajstić information content (AvgIpc) is 2.71. The standard InChI is InChI=1S/C10H10BrNOS2/c1-5-10(15-6(2)12-5)9(13)7-3-14-4-8(7)11/h3-4,9,13H,1-2H3. The fraction of sp³-hybridized carbons (Fsp3) is 0.300. The van der Waals surface area contributed by atoms with Crippen LogP contribution in [0.15, 0.2) is 15.2 Å². The van der Waals surface area contributed by atoms with Crippen LogP contribution in [0, 0.1) is 13.8 Å². The molecule has 0 amide bonds. The Morgan fingerprint density at radius 2 is 2.13 bits per heavy atom. The third-order valence-corrected chi connectivity index (χ3v) is 5.00. The summed E-state index contributed by atoms with van der Waals surface area (Å²) in [7, 11) is 0. The largest absolute Gasteiger partial charge is 0.383 e. The number of aliphatic hydroxyl groups excluding tert-OH is 1. The van der Waals surface area contributed by atoms with E-state index in [9.17, 15) is 5.11 Å². The van der Waals surface area contributed by atoms with Gasteiger partial charge in [-0.25, -0.2) is 4.98 Å². The summed E-state index contributed by atoms with van der Waals surface area (Å²) in [5.74, 6) is 0. The average molecular weight is 304 g/mol. The third kappa shape index (κ3) is 2.15. The topological polar surface area (TPSA) is 33.1 Å². The van der Waals surface area contributed by atoms with Crippen LogP contribution in [0.4, 0.5) is 0 Å².